The molecule has 11 heteroatoms. The molecule has 34 heavy (non-hydrogen) atoms. The van der Waals surface area contributed by atoms with Crippen molar-refractivity contribution < 1.29 is 22.7 Å². The fraction of sp³-hybridized carbons (Fsp3) is 0.435. The zero-order valence-corrected chi connectivity index (χ0v) is 21.1. The van der Waals surface area contributed by atoms with Gasteiger partial charge in [-0.05, 0) is 24.6 Å². The lowest BCUT2D eigenvalue weighted by atomic mass is 10.0. The van der Waals surface area contributed by atoms with Crippen molar-refractivity contribution in [3.63, 3.8) is 0 Å². The quantitative estimate of drug-likeness (QED) is 0.418. The van der Waals surface area contributed by atoms with Crippen molar-refractivity contribution in [3.05, 3.63) is 51.9 Å². The number of esters is 1. The summed E-state index contributed by atoms with van der Waals surface area (Å²) in [5.41, 5.74) is 1.61. The van der Waals surface area contributed by atoms with Crippen LogP contribution in [0.1, 0.15) is 42.9 Å². The number of piperidine rings is 1. The van der Waals surface area contributed by atoms with E-state index in [1.807, 2.05) is 4.31 Å². The number of hydrogen-bond acceptors (Lipinski definition) is 6. The zero-order valence-electron chi connectivity index (χ0n) is 19.4. The average Bonchev–Trinajstić information content (AvgIpc) is 3.33. The van der Waals surface area contributed by atoms with E-state index in [4.69, 9.17) is 4.74 Å². The first-order valence-electron chi connectivity index (χ1n) is 10.9. The molecule has 0 saturated carbocycles. The van der Waals surface area contributed by atoms with Crippen LogP contribution in [-0.4, -0.2) is 56.6 Å². The second kappa shape index (κ2) is 9.79. The Morgan fingerprint density at radius 1 is 1.26 bits per heavy atom. The maximum Gasteiger partial charge on any atom is 0.357 e. The SMILES string of the molecule is COC(=O)c1c(-c2cccc(F)c2)c(C)nn1C1=NC=C(SC(C)C)[SH]1N1CCC(F)(F)CC1. The van der Waals surface area contributed by atoms with Crippen LogP contribution in [0.15, 0.2) is 39.7 Å². The second-order valence-electron chi connectivity index (χ2n) is 8.41. The van der Waals surface area contributed by atoms with Crippen LogP contribution in [0.3, 0.4) is 0 Å². The molecule has 1 unspecified atom stereocenters. The first-order valence-corrected chi connectivity index (χ1v) is 13.1. The Morgan fingerprint density at radius 2 is 1.97 bits per heavy atom. The topological polar surface area (TPSA) is 59.7 Å². The number of ether oxygens (including phenoxy) is 1. The summed E-state index contributed by atoms with van der Waals surface area (Å²) in [5, 5.41) is 5.39. The minimum atomic E-state index is -2.68. The number of alkyl halides is 2. The van der Waals surface area contributed by atoms with E-state index in [1.165, 1.54) is 23.9 Å². The summed E-state index contributed by atoms with van der Waals surface area (Å²) in [7, 11) is 1.27. The van der Waals surface area contributed by atoms with Crippen molar-refractivity contribution in [2.45, 2.75) is 44.8 Å². The Balaban J connectivity index is 1.80. The monoisotopic (exact) mass is 512 g/mol. The number of thioether (sulfide) groups is 1. The van der Waals surface area contributed by atoms with Crippen LogP contribution in [0.2, 0.25) is 0 Å². The standard InChI is InChI=1S/C23H27F3N4O2S2/c1-14(2)33-18-13-27-22(34(18)29-10-8-23(25,26)9-11-29)30-20(21(31)32-4)19(15(3)28-30)16-6-5-7-17(24)12-16/h5-7,12-14,34H,8-11H2,1-4H3. The summed E-state index contributed by atoms with van der Waals surface area (Å²) in [5.74, 6) is -3.75. The van der Waals surface area contributed by atoms with Gasteiger partial charge in [-0.15, -0.1) is 22.8 Å². The van der Waals surface area contributed by atoms with Gasteiger partial charge in [0.25, 0.3) is 5.92 Å². The van der Waals surface area contributed by atoms with Crippen LogP contribution >= 0.6 is 22.8 Å². The Kier molecular flexibility index (Phi) is 7.16. The molecule has 1 saturated heterocycles. The predicted octanol–water partition coefficient (Wildman–Crippen LogP) is 5.59. The molecule has 3 heterocycles. The maximum absolute atomic E-state index is 14.0. The third-order valence-electron chi connectivity index (χ3n) is 5.54. The summed E-state index contributed by atoms with van der Waals surface area (Å²) < 4.78 is 51.3. The molecule has 184 valence electrons. The third-order valence-corrected chi connectivity index (χ3v) is 9.38. The maximum atomic E-state index is 14.0. The van der Waals surface area contributed by atoms with Gasteiger partial charge in [-0.1, -0.05) is 26.0 Å². The number of hydrogen-bond donors (Lipinski definition) is 1. The van der Waals surface area contributed by atoms with Crippen molar-refractivity contribution in [1.82, 2.24) is 14.1 Å². The number of nitrogens with zero attached hydrogens (tertiary/aromatic N) is 4. The zero-order chi connectivity index (χ0) is 24.6. The molecule has 2 aromatic rings. The van der Waals surface area contributed by atoms with Crippen molar-refractivity contribution >= 4 is 34.0 Å². The molecule has 2 aliphatic heterocycles. The second-order valence-corrected chi connectivity index (χ2v) is 12.4. The number of carbonyl (C=O) groups is 1. The fourth-order valence-corrected chi connectivity index (χ4v) is 8.23. The van der Waals surface area contributed by atoms with E-state index in [1.54, 1.807) is 37.0 Å². The lowest BCUT2D eigenvalue weighted by Gasteiger charge is -2.39. The molecule has 0 N–H and O–H groups in total. The highest BCUT2D eigenvalue weighted by Crippen LogP contribution is 2.53. The van der Waals surface area contributed by atoms with Crippen LogP contribution in [0, 0.1) is 12.7 Å². The molecule has 1 aromatic carbocycles. The van der Waals surface area contributed by atoms with Gasteiger partial charge in [0.05, 0.1) is 17.0 Å². The molecule has 0 radical (unpaired) electrons. The first kappa shape index (κ1) is 24.9. The van der Waals surface area contributed by atoms with Gasteiger partial charge in [0, 0.05) is 42.9 Å². The van der Waals surface area contributed by atoms with E-state index in [2.05, 4.69) is 23.9 Å². The number of rotatable bonds is 5. The van der Waals surface area contributed by atoms with Crippen molar-refractivity contribution in [3.8, 4) is 11.1 Å². The molecule has 0 amide bonds. The van der Waals surface area contributed by atoms with Gasteiger partial charge in [0.1, 0.15) is 5.82 Å². The predicted molar refractivity (Wildman–Crippen MR) is 132 cm³/mol. The number of aryl methyl sites for hydroxylation is 1. The average molecular weight is 513 g/mol. The van der Waals surface area contributed by atoms with Gasteiger partial charge < -0.3 is 4.74 Å². The number of aliphatic imine (C=N–C) groups is 1. The van der Waals surface area contributed by atoms with Crippen molar-refractivity contribution in [1.29, 1.82) is 0 Å². The van der Waals surface area contributed by atoms with E-state index in [-0.39, 0.29) is 36.9 Å². The number of halogens is 3. The number of thiol groups is 1. The number of benzene rings is 1. The van der Waals surface area contributed by atoms with E-state index < -0.39 is 28.8 Å². The van der Waals surface area contributed by atoms with Gasteiger partial charge in [0.15, 0.2) is 10.9 Å². The highest BCUT2D eigenvalue weighted by atomic mass is 32.3. The lowest BCUT2D eigenvalue weighted by Crippen LogP contribution is -2.39. The Hall–Kier alpha value is -2.24. The minimum absolute atomic E-state index is 0.142. The molecule has 0 bridgehead atoms. The van der Waals surface area contributed by atoms with Gasteiger partial charge in [0.2, 0.25) is 0 Å². The molecule has 4 rings (SSSR count). The molecule has 0 spiro atoms. The smallest absolute Gasteiger partial charge is 0.357 e. The highest BCUT2D eigenvalue weighted by Gasteiger charge is 2.40. The molecule has 2 aliphatic rings. The van der Waals surface area contributed by atoms with Crippen molar-refractivity contribution in [2.75, 3.05) is 20.2 Å². The van der Waals surface area contributed by atoms with Crippen LogP contribution in [0.5, 0.6) is 0 Å². The number of carbonyl (C=O) groups excluding carboxylic acids is 1. The largest absolute Gasteiger partial charge is 0.464 e. The van der Waals surface area contributed by atoms with E-state index in [0.29, 0.717) is 22.0 Å². The highest BCUT2D eigenvalue weighted by molar-refractivity contribution is 8.40. The summed E-state index contributed by atoms with van der Waals surface area (Å²) in [6, 6.07) is 5.93. The van der Waals surface area contributed by atoms with E-state index >= 15 is 0 Å². The summed E-state index contributed by atoms with van der Waals surface area (Å²) in [6.07, 6.45) is 1.29. The van der Waals surface area contributed by atoms with E-state index in [9.17, 15) is 18.0 Å². The van der Waals surface area contributed by atoms with Crippen LogP contribution in [-0.2, 0) is 4.74 Å². The summed E-state index contributed by atoms with van der Waals surface area (Å²) >= 11 is 0.363. The van der Waals surface area contributed by atoms with Crippen molar-refractivity contribution in [2.24, 2.45) is 4.99 Å². The van der Waals surface area contributed by atoms with Gasteiger partial charge in [-0.2, -0.15) is 5.10 Å². The number of aromatic nitrogens is 2. The molecule has 1 atom stereocenters. The third kappa shape index (κ3) is 4.92. The Bertz CT molecular complexity index is 1150. The Morgan fingerprint density at radius 3 is 2.59 bits per heavy atom. The van der Waals surface area contributed by atoms with E-state index in [0.717, 1.165) is 4.24 Å². The van der Waals surface area contributed by atoms with Gasteiger partial charge in [-0.3, -0.25) is 4.31 Å². The fourth-order valence-electron chi connectivity index (χ4n) is 4.02. The van der Waals surface area contributed by atoms with Crippen LogP contribution < -0.4 is 0 Å². The minimum Gasteiger partial charge on any atom is -0.464 e. The number of methoxy groups -OCH3 is 1. The lowest BCUT2D eigenvalue weighted by molar-refractivity contribution is -0.0399. The Labute approximate surface area is 203 Å². The molecular weight excluding hydrogens is 485 g/mol. The first-order chi connectivity index (χ1) is 16.1. The van der Waals surface area contributed by atoms with Gasteiger partial charge >= 0.3 is 5.97 Å². The van der Waals surface area contributed by atoms with Crippen LogP contribution in [0.25, 0.3) is 11.1 Å². The molecule has 0 aliphatic carbocycles. The molecular formula is C23H27F3N4O2S2. The molecule has 6 nitrogen and oxygen atoms in total. The van der Waals surface area contributed by atoms with Crippen LogP contribution in [0.4, 0.5) is 13.2 Å². The summed E-state index contributed by atoms with van der Waals surface area (Å²) in [4.78, 5) is 17.6. The molecule has 1 fully saturated rings. The van der Waals surface area contributed by atoms with Gasteiger partial charge in [-0.25, -0.2) is 27.6 Å². The normalized spacial score (nSPS) is 21.5. The molecule has 1 aromatic heterocycles. The summed E-state index contributed by atoms with van der Waals surface area (Å²) in [6.45, 7) is 6.29.